The number of piperazine rings is 1. The normalized spacial score (nSPS) is 14.7. The fourth-order valence-corrected chi connectivity index (χ4v) is 5.24. The molecule has 8 nitrogen and oxygen atoms in total. The van der Waals surface area contributed by atoms with E-state index >= 15 is 0 Å². The molecule has 0 amide bonds. The molecule has 2 heterocycles. The van der Waals surface area contributed by atoms with Crippen LogP contribution in [-0.4, -0.2) is 55.5 Å². The van der Waals surface area contributed by atoms with Crippen molar-refractivity contribution in [2.24, 2.45) is 0 Å². The lowest BCUT2D eigenvalue weighted by Gasteiger charge is -2.34. The third-order valence-corrected chi connectivity index (χ3v) is 7.75. The maximum atomic E-state index is 13.2. The second-order valence-corrected chi connectivity index (χ2v) is 10.5. The molecule has 0 unspecified atom stereocenters. The van der Waals surface area contributed by atoms with Crippen LogP contribution in [0.2, 0.25) is 0 Å². The van der Waals surface area contributed by atoms with Crippen molar-refractivity contribution in [3.63, 3.8) is 0 Å². The van der Waals surface area contributed by atoms with Crippen molar-refractivity contribution in [3.8, 4) is 17.4 Å². The third-order valence-electron chi connectivity index (χ3n) is 5.84. The highest BCUT2D eigenvalue weighted by Crippen LogP contribution is 2.26. The van der Waals surface area contributed by atoms with Crippen LogP contribution in [0.1, 0.15) is 31.2 Å². The van der Waals surface area contributed by atoms with Gasteiger partial charge in [-0.1, -0.05) is 31.0 Å². The first kappa shape index (κ1) is 24.9. The second-order valence-electron chi connectivity index (χ2n) is 8.59. The molecule has 1 aliphatic heterocycles. The van der Waals surface area contributed by atoms with Crippen LogP contribution in [0.3, 0.4) is 0 Å². The van der Waals surface area contributed by atoms with Crippen molar-refractivity contribution in [2.75, 3.05) is 37.7 Å². The number of rotatable bonds is 9. The standard InChI is InChI=1S/C26H32N4O4S/c1-4-5-18-33-22-10-12-24(13-11-22)35(31,32)30-16-14-29(15-17-30)25-19-26(28-21(3)27-25)34-23-8-6-20(2)7-9-23/h6-13,19H,4-5,14-18H2,1-3H3. The van der Waals surface area contributed by atoms with E-state index in [2.05, 4.69) is 21.8 Å². The summed E-state index contributed by atoms with van der Waals surface area (Å²) in [6, 6.07) is 16.2. The second kappa shape index (κ2) is 11.0. The molecule has 0 aliphatic carbocycles. The Bertz CT molecular complexity index is 1220. The van der Waals surface area contributed by atoms with Crippen molar-refractivity contribution in [3.05, 3.63) is 66.0 Å². The molecular formula is C26H32N4O4S. The summed E-state index contributed by atoms with van der Waals surface area (Å²) in [4.78, 5) is 11.3. The van der Waals surface area contributed by atoms with Crippen LogP contribution in [0.4, 0.5) is 5.82 Å². The summed E-state index contributed by atoms with van der Waals surface area (Å²) < 4.78 is 39.4. The predicted octanol–water partition coefficient (Wildman–Crippen LogP) is 4.58. The first-order chi connectivity index (χ1) is 16.8. The summed E-state index contributed by atoms with van der Waals surface area (Å²) >= 11 is 0. The Morgan fingerprint density at radius 2 is 1.54 bits per heavy atom. The molecule has 35 heavy (non-hydrogen) atoms. The molecule has 0 saturated carbocycles. The highest BCUT2D eigenvalue weighted by Gasteiger charge is 2.29. The van der Waals surface area contributed by atoms with E-state index in [0.29, 0.717) is 56.0 Å². The van der Waals surface area contributed by atoms with Gasteiger partial charge in [0, 0.05) is 32.2 Å². The Hall–Kier alpha value is -3.17. The van der Waals surface area contributed by atoms with Crippen molar-refractivity contribution in [1.29, 1.82) is 0 Å². The van der Waals surface area contributed by atoms with Crippen LogP contribution in [0.5, 0.6) is 17.4 Å². The molecule has 0 atom stereocenters. The predicted molar refractivity (Wildman–Crippen MR) is 136 cm³/mol. The molecule has 1 aromatic heterocycles. The Morgan fingerprint density at radius 1 is 0.886 bits per heavy atom. The fraction of sp³-hybridized carbons (Fsp3) is 0.385. The number of benzene rings is 2. The molecule has 1 saturated heterocycles. The lowest BCUT2D eigenvalue weighted by molar-refractivity contribution is 0.309. The van der Waals surface area contributed by atoms with Crippen molar-refractivity contribution < 1.29 is 17.9 Å². The number of ether oxygens (including phenoxy) is 2. The number of unbranched alkanes of at least 4 members (excludes halogenated alkanes) is 1. The molecule has 0 radical (unpaired) electrons. The van der Waals surface area contributed by atoms with Gasteiger partial charge < -0.3 is 14.4 Å². The SMILES string of the molecule is CCCCOc1ccc(S(=O)(=O)N2CCN(c3cc(Oc4ccc(C)cc4)nc(C)n3)CC2)cc1. The Balaban J connectivity index is 1.40. The summed E-state index contributed by atoms with van der Waals surface area (Å²) in [6.45, 7) is 8.36. The van der Waals surface area contributed by atoms with Crippen LogP contribution >= 0.6 is 0 Å². The average Bonchev–Trinajstić information content (AvgIpc) is 2.86. The van der Waals surface area contributed by atoms with Crippen molar-refractivity contribution >= 4 is 15.8 Å². The van der Waals surface area contributed by atoms with Crippen molar-refractivity contribution in [2.45, 2.75) is 38.5 Å². The van der Waals surface area contributed by atoms with Gasteiger partial charge in [-0.05, 0) is 56.7 Å². The largest absolute Gasteiger partial charge is 0.494 e. The summed E-state index contributed by atoms with van der Waals surface area (Å²) in [5.41, 5.74) is 1.15. The first-order valence-corrected chi connectivity index (χ1v) is 13.4. The minimum absolute atomic E-state index is 0.278. The van der Waals surface area contributed by atoms with Gasteiger partial charge in [-0.25, -0.2) is 13.4 Å². The molecule has 2 aromatic carbocycles. The molecule has 4 rings (SSSR count). The van der Waals surface area contributed by atoms with E-state index in [9.17, 15) is 8.42 Å². The fourth-order valence-electron chi connectivity index (χ4n) is 3.82. The summed E-state index contributed by atoms with van der Waals surface area (Å²) in [7, 11) is -3.58. The van der Waals surface area contributed by atoms with Crippen LogP contribution < -0.4 is 14.4 Å². The Morgan fingerprint density at radius 3 is 2.20 bits per heavy atom. The van der Waals surface area contributed by atoms with Gasteiger partial charge in [-0.3, -0.25) is 0 Å². The van der Waals surface area contributed by atoms with E-state index in [1.807, 2.05) is 38.1 Å². The quantitative estimate of drug-likeness (QED) is 0.401. The minimum atomic E-state index is -3.58. The molecular weight excluding hydrogens is 464 g/mol. The molecule has 0 spiro atoms. The molecule has 3 aromatic rings. The van der Waals surface area contributed by atoms with Crippen molar-refractivity contribution in [1.82, 2.24) is 14.3 Å². The zero-order chi connectivity index (χ0) is 24.8. The van der Waals surface area contributed by atoms with Gasteiger partial charge in [-0.2, -0.15) is 9.29 Å². The van der Waals surface area contributed by atoms with E-state index in [1.165, 1.54) is 4.31 Å². The summed E-state index contributed by atoms with van der Waals surface area (Å²) in [5.74, 6) is 3.18. The van der Waals surface area contributed by atoms with Gasteiger partial charge in [0.2, 0.25) is 15.9 Å². The molecule has 9 heteroatoms. The van der Waals surface area contributed by atoms with E-state index in [4.69, 9.17) is 9.47 Å². The monoisotopic (exact) mass is 496 g/mol. The minimum Gasteiger partial charge on any atom is -0.494 e. The lowest BCUT2D eigenvalue weighted by atomic mass is 10.2. The maximum Gasteiger partial charge on any atom is 0.243 e. The van der Waals surface area contributed by atoms with Crippen LogP contribution in [0.15, 0.2) is 59.5 Å². The number of sulfonamides is 1. The smallest absolute Gasteiger partial charge is 0.243 e. The van der Waals surface area contributed by atoms with Crippen LogP contribution in [0.25, 0.3) is 0 Å². The van der Waals surface area contributed by atoms with E-state index in [-0.39, 0.29) is 4.90 Å². The van der Waals surface area contributed by atoms with Gasteiger partial charge in [0.05, 0.1) is 11.5 Å². The van der Waals surface area contributed by atoms with Gasteiger partial charge in [0.1, 0.15) is 23.1 Å². The first-order valence-electron chi connectivity index (χ1n) is 11.9. The zero-order valence-corrected chi connectivity index (χ0v) is 21.3. The summed E-state index contributed by atoms with van der Waals surface area (Å²) in [5, 5.41) is 0. The molecule has 0 N–H and O–H groups in total. The van der Waals surface area contributed by atoms with Gasteiger partial charge >= 0.3 is 0 Å². The van der Waals surface area contributed by atoms with Gasteiger partial charge in [0.25, 0.3) is 0 Å². The molecule has 1 aliphatic rings. The van der Waals surface area contributed by atoms with E-state index in [1.54, 1.807) is 30.3 Å². The van der Waals surface area contributed by atoms with E-state index in [0.717, 1.165) is 24.2 Å². The number of nitrogens with zero attached hydrogens (tertiary/aromatic N) is 4. The molecule has 186 valence electrons. The lowest BCUT2D eigenvalue weighted by Crippen LogP contribution is -2.49. The highest BCUT2D eigenvalue weighted by atomic mass is 32.2. The summed E-state index contributed by atoms with van der Waals surface area (Å²) in [6.07, 6.45) is 2.02. The van der Waals surface area contributed by atoms with Crippen LogP contribution in [-0.2, 0) is 10.0 Å². The van der Waals surface area contributed by atoms with E-state index < -0.39 is 10.0 Å². The van der Waals surface area contributed by atoms with Crippen LogP contribution in [0, 0.1) is 13.8 Å². The zero-order valence-electron chi connectivity index (χ0n) is 20.5. The number of hydrogen-bond donors (Lipinski definition) is 0. The topological polar surface area (TPSA) is 84.9 Å². The molecule has 1 fully saturated rings. The maximum absolute atomic E-state index is 13.2. The third kappa shape index (κ3) is 6.29. The number of aryl methyl sites for hydroxylation is 2. The number of aromatic nitrogens is 2. The van der Waals surface area contributed by atoms with Gasteiger partial charge in [0.15, 0.2) is 0 Å². The van der Waals surface area contributed by atoms with Gasteiger partial charge in [-0.15, -0.1) is 0 Å². The Kier molecular flexibility index (Phi) is 7.87. The molecule has 0 bridgehead atoms. The average molecular weight is 497 g/mol. The number of anilines is 1. The highest BCUT2D eigenvalue weighted by molar-refractivity contribution is 7.89. The Labute approximate surface area is 207 Å². The number of hydrogen-bond acceptors (Lipinski definition) is 7.